The van der Waals surface area contributed by atoms with Crippen molar-refractivity contribution in [1.82, 2.24) is 14.3 Å². The van der Waals surface area contributed by atoms with Crippen molar-refractivity contribution in [2.45, 2.75) is 20.8 Å². The molecule has 0 aromatic carbocycles. The van der Waals surface area contributed by atoms with Gasteiger partial charge in [0.2, 0.25) is 0 Å². The van der Waals surface area contributed by atoms with E-state index in [1.54, 1.807) is 19.2 Å². The summed E-state index contributed by atoms with van der Waals surface area (Å²) >= 11 is 0. The number of nitrogens with zero attached hydrogens (tertiary/aromatic N) is 5. The molecule has 0 spiro atoms. The van der Waals surface area contributed by atoms with Gasteiger partial charge in [0, 0.05) is 32.4 Å². The summed E-state index contributed by atoms with van der Waals surface area (Å²) in [5, 5.41) is 9.43. The molecule has 1 fully saturated rings. The van der Waals surface area contributed by atoms with Gasteiger partial charge in [-0.2, -0.15) is 5.26 Å². The van der Waals surface area contributed by atoms with Gasteiger partial charge in [-0.15, -0.1) is 0 Å². The summed E-state index contributed by atoms with van der Waals surface area (Å²) in [6, 6.07) is 5.52. The van der Waals surface area contributed by atoms with Gasteiger partial charge in [0.25, 0.3) is 5.56 Å². The molecule has 0 saturated carbocycles. The molecule has 2 aromatic heterocycles. The van der Waals surface area contributed by atoms with Crippen molar-refractivity contribution < 1.29 is 9.53 Å². The van der Waals surface area contributed by atoms with E-state index >= 15 is 0 Å². The van der Waals surface area contributed by atoms with E-state index in [4.69, 9.17) is 9.72 Å². The lowest BCUT2D eigenvalue weighted by atomic mass is 10.1. The van der Waals surface area contributed by atoms with Crippen LogP contribution in [0.25, 0.3) is 11.7 Å². The number of pyridine rings is 1. The first-order valence-corrected chi connectivity index (χ1v) is 9.78. The van der Waals surface area contributed by atoms with E-state index in [1.165, 1.54) is 10.5 Å². The summed E-state index contributed by atoms with van der Waals surface area (Å²) in [4.78, 5) is 34.5. The molecular weight excluding hydrogens is 370 g/mol. The predicted octanol–water partition coefficient (Wildman–Crippen LogP) is 1.61. The van der Waals surface area contributed by atoms with Crippen LogP contribution in [-0.4, -0.2) is 59.6 Å². The van der Waals surface area contributed by atoms with Gasteiger partial charge in [-0.3, -0.25) is 9.20 Å². The van der Waals surface area contributed by atoms with Crippen LogP contribution in [0, 0.1) is 18.3 Å². The fourth-order valence-corrected chi connectivity index (χ4v) is 3.43. The number of piperazine rings is 1. The zero-order chi connectivity index (χ0) is 21.0. The van der Waals surface area contributed by atoms with Crippen LogP contribution in [0.2, 0.25) is 0 Å². The number of carbonyl (C=O) groups excluding carboxylic acids is 1. The van der Waals surface area contributed by atoms with Gasteiger partial charge in [-0.1, -0.05) is 13.0 Å². The Morgan fingerprint density at radius 3 is 2.66 bits per heavy atom. The number of nitriles is 1. The van der Waals surface area contributed by atoms with Crippen LogP contribution < -0.4 is 10.5 Å². The highest BCUT2D eigenvalue weighted by Crippen LogP contribution is 2.22. The second kappa shape index (κ2) is 8.88. The molecule has 0 bridgehead atoms. The average Bonchev–Trinajstić information content (AvgIpc) is 2.74. The number of esters is 1. The van der Waals surface area contributed by atoms with Crippen LogP contribution in [0.3, 0.4) is 0 Å². The Labute approximate surface area is 169 Å². The molecule has 3 rings (SSSR count). The fourth-order valence-electron chi connectivity index (χ4n) is 3.43. The standard InChI is InChI=1S/C21H25N5O3/c1-4-24-9-11-25(12-10-24)19-17(13-16(14-22)21(28)29-5-2)20(27)26-8-6-7-15(3)18(26)23-19/h6-8,13H,4-5,9-12H2,1-3H3/b16-13+. The SMILES string of the molecule is CCOC(=O)/C(C#N)=C/c1c(N2CCN(CC)CC2)nc2c(C)cccn2c1=O. The van der Waals surface area contributed by atoms with Gasteiger partial charge >= 0.3 is 5.97 Å². The molecule has 1 aliphatic rings. The van der Waals surface area contributed by atoms with Gasteiger partial charge in [0.05, 0.1) is 12.2 Å². The minimum absolute atomic E-state index is 0.151. The van der Waals surface area contributed by atoms with E-state index in [9.17, 15) is 14.9 Å². The van der Waals surface area contributed by atoms with Crippen molar-refractivity contribution >= 4 is 23.5 Å². The van der Waals surface area contributed by atoms with Crippen LogP contribution >= 0.6 is 0 Å². The van der Waals surface area contributed by atoms with Gasteiger partial charge in [0.1, 0.15) is 23.1 Å². The Kier molecular flexibility index (Phi) is 6.29. The fraction of sp³-hybridized carbons (Fsp3) is 0.429. The van der Waals surface area contributed by atoms with E-state index in [2.05, 4.69) is 11.8 Å². The summed E-state index contributed by atoms with van der Waals surface area (Å²) in [5.41, 5.74) is 1.13. The molecule has 0 amide bonds. The quantitative estimate of drug-likeness (QED) is 0.432. The minimum atomic E-state index is -0.745. The van der Waals surface area contributed by atoms with Crippen molar-refractivity contribution in [3.63, 3.8) is 0 Å². The van der Waals surface area contributed by atoms with E-state index in [-0.39, 0.29) is 23.3 Å². The zero-order valence-corrected chi connectivity index (χ0v) is 17.0. The number of aromatic nitrogens is 2. The van der Waals surface area contributed by atoms with E-state index in [1.807, 2.05) is 24.0 Å². The second-order valence-corrected chi connectivity index (χ2v) is 6.85. The molecule has 152 valence electrons. The molecule has 1 saturated heterocycles. The molecular formula is C21H25N5O3. The lowest BCUT2D eigenvalue weighted by molar-refractivity contribution is -0.137. The molecule has 8 heteroatoms. The number of anilines is 1. The highest BCUT2D eigenvalue weighted by Gasteiger charge is 2.23. The van der Waals surface area contributed by atoms with Crippen LogP contribution in [0.15, 0.2) is 28.7 Å². The molecule has 1 aliphatic heterocycles. The largest absolute Gasteiger partial charge is 0.462 e. The number of likely N-dealkylation sites (N-methyl/N-ethyl adjacent to an activating group) is 1. The van der Waals surface area contributed by atoms with Crippen LogP contribution in [0.5, 0.6) is 0 Å². The molecule has 0 N–H and O–H groups in total. The normalized spacial score (nSPS) is 15.4. The Morgan fingerprint density at radius 2 is 2.03 bits per heavy atom. The highest BCUT2D eigenvalue weighted by atomic mass is 16.5. The van der Waals surface area contributed by atoms with Crippen LogP contribution in [0.4, 0.5) is 5.82 Å². The third-order valence-corrected chi connectivity index (χ3v) is 5.09. The first-order chi connectivity index (χ1) is 14.0. The third-order valence-electron chi connectivity index (χ3n) is 5.09. The number of hydrogen-bond acceptors (Lipinski definition) is 7. The lowest BCUT2D eigenvalue weighted by Crippen LogP contribution is -2.47. The van der Waals surface area contributed by atoms with Crippen molar-refractivity contribution in [3.05, 3.63) is 45.4 Å². The monoisotopic (exact) mass is 395 g/mol. The van der Waals surface area contributed by atoms with Crippen LogP contribution in [0.1, 0.15) is 25.0 Å². The van der Waals surface area contributed by atoms with Gasteiger partial charge < -0.3 is 14.5 Å². The van der Waals surface area contributed by atoms with E-state index in [0.717, 1.165) is 25.2 Å². The Balaban J connectivity index is 2.19. The topological polar surface area (TPSA) is 90.9 Å². The van der Waals surface area contributed by atoms with E-state index in [0.29, 0.717) is 24.6 Å². The van der Waals surface area contributed by atoms with Crippen molar-refractivity contribution in [1.29, 1.82) is 5.26 Å². The smallest absolute Gasteiger partial charge is 0.348 e. The number of ether oxygens (including phenoxy) is 1. The van der Waals surface area contributed by atoms with Crippen molar-refractivity contribution in [2.24, 2.45) is 0 Å². The number of hydrogen-bond donors (Lipinski definition) is 0. The maximum atomic E-state index is 13.3. The maximum absolute atomic E-state index is 13.3. The maximum Gasteiger partial charge on any atom is 0.348 e. The van der Waals surface area contributed by atoms with Crippen molar-refractivity contribution in [3.8, 4) is 6.07 Å². The zero-order valence-electron chi connectivity index (χ0n) is 17.0. The molecule has 8 nitrogen and oxygen atoms in total. The summed E-state index contributed by atoms with van der Waals surface area (Å²) < 4.78 is 6.40. The number of fused-ring (bicyclic) bond motifs is 1. The molecule has 29 heavy (non-hydrogen) atoms. The first-order valence-electron chi connectivity index (χ1n) is 9.78. The number of rotatable bonds is 5. The van der Waals surface area contributed by atoms with Crippen molar-refractivity contribution in [2.75, 3.05) is 44.2 Å². The first kappa shape index (κ1) is 20.6. The van der Waals surface area contributed by atoms with Gasteiger partial charge in [-0.05, 0) is 38.1 Å². The summed E-state index contributed by atoms with van der Waals surface area (Å²) in [5.74, 6) is -0.248. The Morgan fingerprint density at radius 1 is 1.31 bits per heavy atom. The molecule has 0 aliphatic carbocycles. The summed E-state index contributed by atoms with van der Waals surface area (Å²) in [7, 11) is 0. The second-order valence-electron chi connectivity index (χ2n) is 6.85. The molecule has 0 unspecified atom stereocenters. The van der Waals surface area contributed by atoms with Gasteiger partial charge in [-0.25, -0.2) is 9.78 Å². The summed E-state index contributed by atoms with van der Waals surface area (Å²) in [6.07, 6.45) is 2.95. The van der Waals surface area contributed by atoms with Crippen LogP contribution in [-0.2, 0) is 9.53 Å². The summed E-state index contributed by atoms with van der Waals surface area (Å²) in [6.45, 7) is 9.94. The Bertz CT molecular complexity index is 1040. The third kappa shape index (κ3) is 4.15. The number of carbonyl (C=O) groups is 1. The minimum Gasteiger partial charge on any atom is -0.462 e. The van der Waals surface area contributed by atoms with Gasteiger partial charge in [0.15, 0.2) is 0 Å². The molecule has 0 atom stereocenters. The molecule has 2 aromatic rings. The van der Waals surface area contributed by atoms with E-state index < -0.39 is 5.97 Å². The molecule has 3 heterocycles. The predicted molar refractivity (Wildman–Crippen MR) is 111 cm³/mol. The number of aryl methyl sites for hydroxylation is 1. The highest BCUT2D eigenvalue weighted by molar-refractivity contribution is 5.98. The Hall–Kier alpha value is -3.18. The molecule has 0 radical (unpaired) electrons. The average molecular weight is 395 g/mol. The lowest BCUT2D eigenvalue weighted by Gasteiger charge is -2.35.